The molecule has 1 aliphatic rings. The van der Waals surface area contributed by atoms with E-state index in [0.29, 0.717) is 18.7 Å². The summed E-state index contributed by atoms with van der Waals surface area (Å²) in [4.78, 5) is 29.4. The van der Waals surface area contributed by atoms with Crippen molar-refractivity contribution in [2.75, 3.05) is 6.61 Å². The smallest absolute Gasteiger partial charge is 0.261 e. The number of ether oxygens (including phenoxy) is 1. The summed E-state index contributed by atoms with van der Waals surface area (Å²) in [5.74, 6) is 0.276. The first-order valence-electron chi connectivity index (χ1n) is 14.3. The van der Waals surface area contributed by atoms with Crippen molar-refractivity contribution in [1.82, 2.24) is 10.2 Å². The van der Waals surface area contributed by atoms with Crippen LogP contribution in [0, 0.1) is 0 Å². The molecule has 1 fully saturated rings. The van der Waals surface area contributed by atoms with Crippen molar-refractivity contribution in [2.24, 2.45) is 0 Å². The van der Waals surface area contributed by atoms with Crippen LogP contribution in [0.4, 0.5) is 0 Å². The van der Waals surface area contributed by atoms with Crippen LogP contribution in [0.1, 0.15) is 69.6 Å². The van der Waals surface area contributed by atoms with E-state index in [1.807, 2.05) is 78.9 Å². The van der Waals surface area contributed by atoms with Crippen LogP contribution in [0.5, 0.6) is 5.75 Å². The highest BCUT2D eigenvalue weighted by molar-refractivity contribution is 9.10. The minimum absolute atomic E-state index is 0.000291. The monoisotopic (exact) mass is 604 g/mol. The predicted molar refractivity (Wildman–Crippen MR) is 164 cm³/mol. The second-order valence-corrected chi connectivity index (χ2v) is 12.6. The number of carbonyl (C=O) groups is 2. The van der Waals surface area contributed by atoms with Crippen molar-refractivity contribution in [1.29, 1.82) is 0 Å². The van der Waals surface area contributed by atoms with Gasteiger partial charge in [0.15, 0.2) is 6.61 Å². The molecule has 0 spiro atoms. The maximum Gasteiger partial charge on any atom is 0.261 e. The molecule has 3 aromatic rings. The molecule has 212 valence electrons. The highest BCUT2D eigenvalue weighted by Gasteiger charge is 2.32. The van der Waals surface area contributed by atoms with Crippen LogP contribution in [-0.4, -0.2) is 35.4 Å². The van der Waals surface area contributed by atoms with E-state index in [9.17, 15) is 9.59 Å². The van der Waals surface area contributed by atoms with Crippen LogP contribution in [-0.2, 0) is 28.0 Å². The zero-order chi connectivity index (χ0) is 28.5. The molecule has 40 heavy (non-hydrogen) atoms. The summed E-state index contributed by atoms with van der Waals surface area (Å²) in [7, 11) is 0. The molecule has 0 radical (unpaired) electrons. The summed E-state index contributed by atoms with van der Waals surface area (Å²) < 4.78 is 6.85. The number of hydrogen-bond donors (Lipinski definition) is 1. The van der Waals surface area contributed by atoms with Crippen LogP contribution in [0.15, 0.2) is 83.3 Å². The molecule has 1 N–H and O–H groups in total. The average Bonchev–Trinajstić information content (AvgIpc) is 2.95. The Morgan fingerprint density at radius 1 is 0.925 bits per heavy atom. The molecular weight excluding hydrogens is 564 g/mol. The topological polar surface area (TPSA) is 58.6 Å². The van der Waals surface area contributed by atoms with E-state index in [1.165, 1.54) is 12.0 Å². The minimum atomic E-state index is -0.660. The molecule has 4 rings (SSSR count). The van der Waals surface area contributed by atoms with Gasteiger partial charge in [-0.1, -0.05) is 107 Å². The molecule has 1 saturated carbocycles. The predicted octanol–water partition coefficient (Wildman–Crippen LogP) is 7.21. The first kappa shape index (κ1) is 29.9. The van der Waals surface area contributed by atoms with E-state index in [2.05, 4.69) is 42.0 Å². The fourth-order valence-corrected chi connectivity index (χ4v) is 5.68. The van der Waals surface area contributed by atoms with E-state index in [0.717, 1.165) is 41.3 Å². The molecule has 0 aliphatic heterocycles. The highest BCUT2D eigenvalue weighted by atomic mass is 79.9. The SMILES string of the molecule is CC(C)(C)c1ccc(OCC(=O)N(Cc2ccccc2)[C@@H](Cc2ccccc2)C(=O)NC2CCCCC2)c(Br)c1. The molecule has 0 bridgehead atoms. The normalized spacial score (nSPS) is 14.8. The van der Waals surface area contributed by atoms with E-state index >= 15 is 0 Å². The quantitative estimate of drug-likeness (QED) is 0.266. The minimum Gasteiger partial charge on any atom is -0.483 e. The first-order chi connectivity index (χ1) is 19.2. The van der Waals surface area contributed by atoms with Gasteiger partial charge in [-0.2, -0.15) is 0 Å². The van der Waals surface area contributed by atoms with E-state index in [1.54, 1.807) is 4.90 Å². The van der Waals surface area contributed by atoms with Crippen LogP contribution in [0.25, 0.3) is 0 Å². The van der Waals surface area contributed by atoms with Gasteiger partial charge in [0.25, 0.3) is 5.91 Å². The third-order valence-corrected chi connectivity index (χ3v) is 8.19. The van der Waals surface area contributed by atoms with E-state index in [-0.39, 0.29) is 29.9 Å². The largest absolute Gasteiger partial charge is 0.483 e. The molecule has 0 aromatic heterocycles. The van der Waals surface area contributed by atoms with Crippen molar-refractivity contribution in [2.45, 2.75) is 83.3 Å². The van der Waals surface area contributed by atoms with Gasteiger partial charge in [-0.3, -0.25) is 9.59 Å². The third-order valence-electron chi connectivity index (χ3n) is 7.57. The van der Waals surface area contributed by atoms with Gasteiger partial charge in [0.2, 0.25) is 5.91 Å². The fraction of sp³-hybridized carbons (Fsp3) is 0.412. The summed E-state index contributed by atoms with van der Waals surface area (Å²) >= 11 is 3.62. The van der Waals surface area contributed by atoms with Gasteiger partial charge < -0.3 is 15.0 Å². The second-order valence-electron chi connectivity index (χ2n) is 11.7. The zero-order valence-electron chi connectivity index (χ0n) is 23.9. The third kappa shape index (κ3) is 8.44. The molecular formula is C34H41BrN2O3. The Balaban J connectivity index is 1.59. The summed E-state index contributed by atoms with van der Waals surface area (Å²) in [6, 6.07) is 25.2. The lowest BCUT2D eigenvalue weighted by atomic mass is 9.87. The summed E-state index contributed by atoms with van der Waals surface area (Å²) in [5.41, 5.74) is 3.15. The first-order valence-corrected chi connectivity index (χ1v) is 15.1. The van der Waals surface area contributed by atoms with Crippen molar-refractivity contribution in [3.8, 4) is 5.75 Å². The Bertz CT molecular complexity index is 1250. The Morgan fingerprint density at radius 2 is 1.55 bits per heavy atom. The molecule has 0 unspecified atom stereocenters. The Kier molecular flexibility index (Phi) is 10.4. The van der Waals surface area contributed by atoms with Gasteiger partial charge in [0, 0.05) is 19.0 Å². The Hall–Kier alpha value is -3.12. The van der Waals surface area contributed by atoms with Crippen molar-refractivity contribution >= 4 is 27.7 Å². The molecule has 0 saturated heterocycles. The summed E-state index contributed by atoms with van der Waals surface area (Å²) in [5, 5.41) is 3.28. The number of benzene rings is 3. The molecule has 1 aliphatic carbocycles. The number of nitrogens with one attached hydrogen (secondary N) is 1. The average molecular weight is 606 g/mol. The zero-order valence-corrected chi connectivity index (χ0v) is 25.5. The van der Waals surface area contributed by atoms with Gasteiger partial charge in [-0.05, 0) is 63.0 Å². The van der Waals surface area contributed by atoms with Gasteiger partial charge in [-0.15, -0.1) is 0 Å². The highest BCUT2D eigenvalue weighted by Crippen LogP contribution is 2.31. The summed E-state index contributed by atoms with van der Waals surface area (Å²) in [6.45, 7) is 6.63. The lowest BCUT2D eigenvalue weighted by Crippen LogP contribution is -2.53. The standard InChI is InChI=1S/C34H41BrN2O3/c1-34(2,3)27-19-20-31(29(35)22-27)40-24-32(38)37(23-26-15-9-5-10-16-26)30(21-25-13-7-4-8-14-25)33(39)36-28-17-11-6-12-18-28/h4-5,7-10,13-16,19-20,22,28,30H,6,11-12,17-18,21,23-24H2,1-3H3,(H,36,39)/t30-/m0/s1. The lowest BCUT2D eigenvalue weighted by Gasteiger charge is -2.33. The van der Waals surface area contributed by atoms with Gasteiger partial charge in [-0.25, -0.2) is 0 Å². The number of halogens is 1. The number of nitrogens with zero attached hydrogens (tertiary/aromatic N) is 1. The molecule has 2 amide bonds. The molecule has 6 heteroatoms. The van der Waals surface area contributed by atoms with Gasteiger partial charge in [0.05, 0.1) is 4.47 Å². The molecule has 5 nitrogen and oxygen atoms in total. The van der Waals surface area contributed by atoms with Crippen LogP contribution in [0.3, 0.4) is 0 Å². The van der Waals surface area contributed by atoms with E-state index in [4.69, 9.17) is 4.74 Å². The maximum absolute atomic E-state index is 13.9. The Morgan fingerprint density at radius 3 is 2.15 bits per heavy atom. The Labute approximate surface area is 247 Å². The van der Waals surface area contributed by atoms with E-state index < -0.39 is 6.04 Å². The van der Waals surface area contributed by atoms with Crippen molar-refractivity contribution in [3.05, 3.63) is 100 Å². The number of amides is 2. The number of hydrogen-bond acceptors (Lipinski definition) is 3. The molecule has 1 atom stereocenters. The maximum atomic E-state index is 13.9. The van der Waals surface area contributed by atoms with Crippen LogP contribution < -0.4 is 10.1 Å². The van der Waals surface area contributed by atoms with Crippen LogP contribution in [0.2, 0.25) is 0 Å². The molecule has 0 heterocycles. The van der Waals surface area contributed by atoms with Crippen molar-refractivity contribution in [3.63, 3.8) is 0 Å². The number of carbonyl (C=O) groups excluding carboxylic acids is 2. The fourth-order valence-electron chi connectivity index (χ4n) is 5.19. The number of rotatable bonds is 10. The van der Waals surface area contributed by atoms with Gasteiger partial charge in [0.1, 0.15) is 11.8 Å². The molecule has 3 aromatic carbocycles. The summed E-state index contributed by atoms with van der Waals surface area (Å²) in [6.07, 6.45) is 5.86. The lowest BCUT2D eigenvalue weighted by molar-refractivity contribution is -0.143. The van der Waals surface area contributed by atoms with Crippen LogP contribution >= 0.6 is 15.9 Å². The second kappa shape index (κ2) is 14.0. The van der Waals surface area contributed by atoms with Gasteiger partial charge >= 0.3 is 0 Å². The van der Waals surface area contributed by atoms with Crippen molar-refractivity contribution < 1.29 is 14.3 Å².